The van der Waals surface area contributed by atoms with E-state index in [0.29, 0.717) is 18.6 Å². The van der Waals surface area contributed by atoms with Gasteiger partial charge < -0.3 is 15.2 Å². The van der Waals surface area contributed by atoms with Gasteiger partial charge in [-0.05, 0) is 50.2 Å². The molecule has 0 fully saturated rings. The van der Waals surface area contributed by atoms with Crippen molar-refractivity contribution in [2.24, 2.45) is 0 Å². The van der Waals surface area contributed by atoms with E-state index in [0.717, 1.165) is 36.9 Å². The van der Waals surface area contributed by atoms with Crippen molar-refractivity contribution in [3.63, 3.8) is 0 Å². The standard InChI is InChI=1S/C26H31F2N5O3/c1-4-7-22(30-25(34)14-18-12-19(27)15-20(28)13-18)26(35)31-24-16-23(36-32-24)17(2)33(3)11-9-21-8-5-6-10-29-21/h5-6,8,10,12-13,15-17,22H,4,7,9,11,14H2,1-3H3,(H,30,34)(H,31,32,35). The van der Waals surface area contributed by atoms with Crippen LogP contribution in [-0.2, 0) is 22.4 Å². The van der Waals surface area contributed by atoms with Crippen LogP contribution < -0.4 is 10.6 Å². The molecular weight excluding hydrogens is 468 g/mol. The Balaban J connectivity index is 1.55. The first-order chi connectivity index (χ1) is 17.2. The second-order valence-electron chi connectivity index (χ2n) is 8.69. The highest BCUT2D eigenvalue weighted by Gasteiger charge is 2.23. The number of halogens is 2. The van der Waals surface area contributed by atoms with E-state index in [1.54, 1.807) is 12.3 Å². The maximum Gasteiger partial charge on any atom is 0.248 e. The van der Waals surface area contributed by atoms with Gasteiger partial charge in [0, 0.05) is 37.0 Å². The lowest BCUT2D eigenvalue weighted by Crippen LogP contribution is -2.44. The average Bonchev–Trinajstić information content (AvgIpc) is 3.30. The van der Waals surface area contributed by atoms with E-state index in [9.17, 15) is 18.4 Å². The summed E-state index contributed by atoms with van der Waals surface area (Å²) in [5.41, 5.74) is 1.18. The van der Waals surface area contributed by atoms with Gasteiger partial charge in [0.2, 0.25) is 11.8 Å². The molecule has 3 rings (SSSR count). The van der Waals surface area contributed by atoms with Crippen LogP contribution in [0.1, 0.15) is 49.7 Å². The zero-order chi connectivity index (χ0) is 26.1. The molecule has 3 aromatic rings. The Morgan fingerprint density at radius 1 is 1.14 bits per heavy atom. The number of anilines is 1. The minimum absolute atomic E-state index is 0.0929. The Labute approximate surface area is 209 Å². The van der Waals surface area contributed by atoms with E-state index in [-0.39, 0.29) is 23.8 Å². The number of carbonyl (C=O) groups is 2. The molecule has 0 aliphatic heterocycles. The molecule has 2 amide bonds. The van der Waals surface area contributed by atoms with E-state index in [1.807, 2.05) is 39.1 Å². The van der Waals surface area contributed by atoms with Gasteiger partial charge in [-0.25, -0.2) is 8.78 Å². The zero-order valence-electron chi connectivity index (χ0n) is 20.6. The first kappa shape index (κ1) is 26.9. The van der Waals surface area contributed by atoms with Gasteiger partial charge in [0.25, 0.3) is 0 Å². The van der Waals surface area contributed by atoms with E-state index in [4.69, 9.17) is 4.52 Å². The van der Waals surface area contributed by atoms with Crippen molar-refractivity contribution < 1.29 is 22.9 Å². The molecule has 2 atom stereocenters. The Kier molecular flexibility index (Phi) is 9.63. The van der Waals surface area contributed by atoms with Gasteiger partial charge in [-0.2, -0.15) is 0 Å². The Bertz CT molecular complexity index is 1140. The van der Waals surface area contributed by atoms with Crippen LogP contribution in [0.25, 0.3) is 0 Å². The smallest absolute Gasteiger partial charge is 0.248 e. The second-order valence-corrected chi connectivity index (χ2v) is 8.69. The summed E-state index contributed by atoms with van der Waals surface area (Å²) in [6, 6.07) is 9.44. The molecule has 0 aliphatic rings. The quantitative estimate of drug-likeness (QED) is 0.390. The molecule has 0 bridgehead atoms. The molecule has 2 heterocycles. The van der Waals surface area contributed by atoms with Gasteiger partial charge in [0.1, 0.15) is 17.7 Å². The Morgan fingerprint density at radius 2 is 1.89 bits per heavy atom. The third kappa shape index (κ3) is 7.94. The summed E-state index contributed by atoms with van der Waals surface area (Å²) < 4.78 is 32.3. The highest BCUT2D eigenvalue weighted by atomic mass is 19.1. The number of hydrogen-bond donors (Lipinski definition) is 2. The average molecular weight is 500 g/mol. The SMILES string of the molecule is CCCC(NC(=O)Cc1cc(F)cc(F)c1)C(=O)Nc1cc(C(C)N(C)CCc2ccccn2)on1. The largest absolute Gasteiger partial charge is 0.358 e. The van der Waals surface area contributed by atoms with Gasteiger partial charge >= 0.3 is 0 Å². The minimum Gasteiger partial charge on any atom is -0.358 e. The summed E-state index contributed by atoms with van der Waals surface area (Å²) in [4.78, 5) is 31.7. The summed E-state index contributed by atoms with van der Waals surface area (Å²) in [6.07, 6.45) is 3.31. The van der Waals surface area contributed by atoms with Crippen LogP contribution in [0.2, 0.25) is 0 Å². The number of rotatable bonds is 12. The number of nitrogens with zero attached hydrogens (tertiary/aromatic N) is 3. The van der Waals surface area contributed by atoms with Crippen LogP contribution in [0.4, 0.5) is 14.6 Å². The van der Waals surface area contributed by atoms with E-state index < -0.39 is 29.5 Å². The number of carbonyl (C=O) groups excluding carboxylic acids is 2. The van der Waals surface area contributed by atoms with Gasteiger partial charge in [-0.15, -0.1) is 0 Å². The molecular formula is C26H31F2N5O3. The maximum atomic E-state index is 13.4. The predicted octanol–water partition coefficient (Wildman–Crippen LogP) is 4.05. The lowest BCUT2D eigenvalue weighted by molar-refractivity contribution is -0.126. The Morgan fingerprint density at radius 3 is 2.56 bits per heavy atom. The van der Waals surface area contributed by atoms with Gasteiger partial charge in [0.15, 0.2) is 11.6 Å². The number of likely N-dealkylation sites (N-methyl/N-ethyl adjacent to an activating group) is 1. The van der Waals surface area contributed by atoms with Crippen molar-refractivity contribution in [2.45, 2.75) is 51.6 Å². The van der Waals surface area contributed by atoms with Gasteiger partial charge in [0.05, 0.1) is 12.5 Å². The normalized spacial score (nSPS) is 12.8. The third-order valence-electron chi connectivity index (χ3n) is 5.82. The van der Waals surface area contributed by atoms with Crippen LogP contribution in [0.3, 0.4) is 0 Å². The van der Waals surface area contributed by atoms with Crippen molar-refractivity contribution >= 4 is 17.6 Å². The second kappa shape index (κ2) is 12.9. The van der Waals surface area contributed by atoms with Gasteiger partial charge in [-0.3, -0.25) is 19.5 Å². The fraction of sp³-hybridized carbons (Fsp3) is 0.385. The first-order valence-electron chi connectivity index (χ1n) is 11.9. The molecule has 10 heteroatoms. The van der Waals surface area contributed by atoms with Crippen LogP contribution in [0.15, 0.2) is 53.2 Å². The molecule has 2 aromatic heterocycles. The molecule has 0 saturated carbocycles. The first-order valence-corrected chi connectivity index (χ1v) is 11.9. The predicted molar refractivity (Wildman–Crippen MR) is 131 cm³/mol. The molecule has 192 valence electrons. The topological polar surface area (TPSA) is 100 Å². The summed E-state index contributed by atoms with van der Waals surface area (Å²) in [6.45, 7) is 4.60. The van der Waals surface area contributed by atoms with E-state index in [1.165, 1.54) is 0 Å². The highest BCUT2D eigenvalue weighted by Crippen LogP contribution is 2.22. The molecule has 0 spiro atoms. The lowest BCUT2D eigenvalue weighted by atomic mass is 10.1. The number of aromatic nitrogens is 2. The molecule has 36 heavy (non-hydrogen) atoms. The highest BCUT2D eigenvalue weighted by molar-refractivity contribution is 5.96. The summed E-state index contributed by atoms with van der Waals surface area (Å²) in [5.74, 6) is -1.68. The van der Waals surface area contributed by atoms with E-state index >= 15 is 0 Å². The Hall–Kier alpha value is -3.66. The molecule has 2 N–H and O–H groups in total. The number of hydrogen-bond acceptors (Lipinski definition) is 6. The van der Waals surface area contributed by atoms with Crippen LogP contribution in [-0.4, -0.2) is 46.5 Å². The lowest BCUT2D eigenvalue weighted by Gasteiger charge is -2.22. The maximum absolute atomic E-state index is 13.4. The fourth-order valence-electron chi connectivity index (χ4n) is 3.71. The van der Waals surface area contributed by atoms with Crippen molar-refractivity contribution in [2.75, 3.05) is 18.9 Å². The third-order valence-corrected chi connectivity index (χ3v) is 5.82. The van der Waals surface area contributed by atoms with Gasteiger partial charge in [-0.1, -0.05) is 24.6 Å². The van der Waals surface area contributed by atoms with Crippen LogP contribution in [0, 0.1) is 11.6 Å². The summed E-state index contributed by atoms with van der Waals surface area (Å²) >= 11 is 0. The zero-order valence-corrected chi connectivity index (χ0v) is 20.6. The van der Waals surface area contributed by atoms with Crippen LogP contribution >= 0.6 is 0 Å². The molecule has 0 aliphatic carbocycles. The van der Waals surface area contributed by atoms with Crippen molar-refractivity contribution in [3.05, 3.63) is 77.3 Å². The summed E-state index contributed by atoms with van der Waals surface area (Å²) in [5, 5.41) is 9.26. The molecule has 2 unspecified atom stereocenters. The van der Waals surface area contributed by atoms with Crippen molar-refractivity contribution in [1.29, 1.82) is 0 Å². The van der Waals surface area contributed by atoms with Crippen molar-refractivity contribution in [1.82, 2.24) is 20.4 Å². The van der Waals surface area contributed by atoms with E-state index in [2.05, 4.69) is 25.7 Å². The number of amides is 2. The number of pyridine rings is 1. The minimum atomic E-state index is -0.834. The molecule has 0 radical (unpaired) electrons. The van der Waals surface area contributed by atoms with Crippen molar-refractivity contribution in [3.8, 4) is 0 Å². The summed E-state index contributed by atoms with van der Waals surface area (Å²) in [7, 11) is 1.96. The van der Waals surface area contributed by atoms with Crippen LogP contribution in [0.5, 0.6) is 0 Å². The monoisotopic (exact) mass is 499 g/mol. The fourth-order valence-corrected chi connectivity index (χ4v) is 3.71. The molecule has 1 aromatic carbocycles. The number of nitrogens with one attached hydrogen (secondary N) is 2. The molecule has 8 nitrogen and oxygen atoms in total. The molecule has 0 saturated heterocycles. The number of benzene rings is 1.